The van der Waals surface area contributed by atoms with Crippen LogP contribution in [-0.4, -0.2) is 21.4 Å². The Balaban J connectivity index is 0.00000280. The van der Waals surface area contributed by atoms with Crippen LogP contribution in [-0.2, 0) is 18.3 Å². The van der Waals surface area contributed by atoms with E-state index in [1.165, 1.54) is 30.6 Å². The van der Waals surface area contributed by atoms with Crippen molar-refractivity contribution in [2.45, 2.75) is 44.6 Å². The lowest BCUT2D eigenvalue weighted by molar-refractivity contribution is -0.384. The first-order valence-electron chi connectivity index (χ1n) is 8.85. The van der Waals surface area contributed by atoms with Gasteiger partial charge in [-0.05, 0) is 18.9 Å². The van der Waals surface area contributed by atoms with Gasteiger partial charge in [0.05, 0.1) is 23.1 Å². The summed E-state index contributed by atoms with van der Waals surface area (Å²) in [4.78, 5) is 28.1. The SMILES string of the molecule is Cl.Cn1c(CC(=O)Nc2cc([N+](=O)[O-])ccc2F)csc1=NC1CCCCC1. The number of nitro groups is 1. The zero-order valence-electron chi connectivity index (χ0n) is 15.4. The van der Waals surface area contributed by atoms with Crippen LogP contribution in [0.1, 0.15) is 37.8 Å². The topological polar surface area (TPSA) is 89.5 Å². The van der Waals surface area contributed by atoms with Crippen molar-refractivity contribution in [3.05, 3.63) is 50.0 Å². The van der Waals surface area contributed by atoms with Crippen molar-refractivity contribution in [3.8, 4) is 0 Å². The molecule has 2 aromatic rings. The number of aromatic nitrogens is 1. The van der Waals surface area contributed by atoms with Crippen LogP contribution < -0.4 is 10.1 Å². The maximum Gasteiger partial charge on any atom is 0.271 e. The quantitative estimate of drug-likeness (QED) is 0.577. The highest BCUT2D eigenvalue weighted by atomic mass is 35.5. The van der Waals surface area contributed by atoms with E-state index in [9.17, 15) is 19.3 Å². The molecule has 0 radical (unpaired) electrons. The summed E-state index contributed by atoms with van der Waals surface area (Å²) in [5.41, 5.74) is 0.290. The minimum Gasteiger partial charge on any atom is -0.324 e. The van der Waals surface area contributed by atoms with E-state index < -0.39 is 16.6 Å². The Kier molecular flexibility index (Phi) is 7.70. The zero-order valence-corrected chi connectivity index (χ0v) is 17.0. The summed E-state index contributed by atoms with van der Waals surface area (Å²) in [6.45, 7) is 0. The van der Waals surface area contributed by atoms with Crippen LogP contribution in [0, 0.1) is 15.9 Å². The molecule has 0 atom stereocenters. The summed E-state index contributed by atoms with van der Waals surface area (Å²) in [6, 6.07) is 3.39. The van der Waals surface area contributed by atoms with Gasteiger partial charge in [0, 0.05) is 30.3 Å². The standard InChI is InChI=1S/C18H21FN4O3S.ClH/c1-22-14(11-27-18(22)20-12-5-3-2-4-6-12)10-17(24)21-16-9-13(23(25)26)7-8-15(16)19;/h7-9,11-12H,2-6,10H2,1H3,(H,21,24);1H. The van der Waals surface area contributed by atoms with E-state index in [2.05, 4.69) is 5.32 Å². The van der Waals surface area contributed by atoms with Crippen LogP contribution >= 0.6 is 23.7 Å². The first-order chi connectivity index (χ1) is 12.9. The molecule has 1 amide bonds. The molecule has 0 unspecified atom stereocenters. The van der Waals surface area contributed by atoms with E-state index >= 15 is 0 Å². The Hall–Kier alpha value is -2.26. The number of hydrogen-bond donors (Lipinski definition) is 1. The van der Waals surface area contributed by atoms with Crippen molar-refractivity contribution >= 4 is 41.0 Å². The molecule has 0 bridgehead atoms. The Morgan fingerprint density at radius 3 is 2.79 bits per heavy atom. The third-order valence-electron chi connectivity index (χ3n) is 4.66. The average Bonchev–Trinajstić information content (AvgIpc) is 2.97. The Morgan fingerprint density at radius 1 is 1.39 bits per heavy atom. The summed E-state index contributed by atoms with van der Waals surface area (Å²) >= 11 is 1.48. The van der Waals surface area contributed by atoms with E-state index in [0.717, 1.165) is 41.5 Å². The van der Waals surface area contributed by atoms with Gasteiger partial charge in [-0.25, -0.2) is 4.39 Å². The molecule has 10 heteroatoms. The van der Waals surface area contributed by atoms with Crippen LogP contribution in [0.2, 0.25) is 0 Å². The zero-order chi connectivity index (χ0) is 19.4. The van der Waals surface area contributed by atoms with Crippen LogP contribution in [0.15, 0.2) is 28.6 Å². The molecule has 1 aliphatic carbocycles. The number of anilines is 1. The average molecular weight is 429 g/mol. The first kappa shape index (κ1) is 22.0. The molecule has 1 saturated carbocycles. The number of hydrogen-bond acceptors (Lipinski definition) is 5. The summed E-state index contributed by atoms with van der Waals surface area (Å²) in [5.74, 6) is -1.15. The van der Waals surface area contributed by atoms with E-state index in [1.54, 1.807) is 0 Å². The molecular weight excluding hydrogens is 407 g/mol. The van der Waals surface area contributed by atoms with Crippen LogP contribution in [0.5, 0.6) is 0 Å². The van der Waals surface area contributed by atoms with E-state index in [1.807, 2.05) is 17.0 Å². The first-order valence-corrected chi connectivity index (χ1v) is 9.73. The Labute approximate surface area is 171 Å². The van der Waals surface area contributed by atoms with Gasteiger partial charge in [-0.15, -0.1) is 23.7 Å². The number of amides is 1. The van der Waals surface area contributed by atoms with Gasteiger partial charge in [-0.3, -0.25) is 19.9 Å². The normalized spacial score (nSPS) is 15.1. The van der Waals surface area contributed by atoms with Crippen LogP contribution in [0.3, 0.4) is 0 Å². The van der Waals surface area contributed by atoms with Gasteiger partial charge in [0.2, 0.25) is 5.91 Å². The largest absolute Gasteiger partial charge is 0.324 e. The molecule has 0 aliphatic heterocycles. The second kappa shape index (κ2) is 9.79. The number of halogens is 2. The maximum atomic E-state index is 13.8. The highest BCUT2D eigenvalue weighted by molar-refractivity contribution is 7.07. The number of non-ortho nitro benzene ring substituents is 1. The molecular formula is C18H22ClFN4O3S. The number of thiazole rings is 1. The number of carbonyl (C=O) groups is 1. The van der Waals surface area contributed by atoms with Crippen LogP contribution in [0.4, 0.5) is 15.8 Å². The molecule has 1 aromatic carbocycles. The van der Waals surface area contributed by atoms with Gasteiger partial charge in [-0.2, -0.15) is 0 Å². The predicted octanol–water partition coefficient (Wildman–Crippen LogP) is 3.97. The minimum absolute atomic E-state index is 0. The molecule has 1 aromatic heterocycles. The minimum atomic E-state index is -0.711. The van der Waals surface area contributed by atoms with Crippen molar-refractivity contribution < 1.29 is 14.1 Å². The number of nitro benzene ring substituents is 1. The number of nitrogens with zero attached hydrogens (tertiary/aromatic N) is 3. The summed E-state index contributed by atoms with van der Waals surface area (Å²) < 4.78 is 15.7. The Bertz CT molecular complexity index is 922. The van der Waals surface area contributed by atoms with Crippen molar-refractivity contribution in [2.75, 3.05) is 5.32 Å². The van der Waals surface area contributed by atoms with Gasteiger partial charge in [0.25, 0.3) is 5.69 Å². The van der Waals surface area contributed by atoms with Crippen molar-refractivity contribution in [3.63, 3.8) is 0 Å². The summed E-state index contributed by atoms with van der Waals surface area (Å²) in [5, 5.41) is 15.1. The molecule has 1 aliphatic rings. The number of nitrogens with one attached hydrogen (secondary N) is 1. The highest BCUT2D eigenvalue weighted by Gasteiger charge is 2.16. The molecule has 7 nitrogen and oxygen atoms in total. The van der Waals surface area contributed by atoms with Gasteiger partial charge in [-0.1, -0.05) is 19.3 Å². The fourth-order valence-corrected chi connectivity index (χ4v) is 4.10. The van der Waals surface area contributed by atoms with Crippen LogP contribution in [0.25, 0.3) is 0 Å². The molecule has 1 N–H and O–H groups in total. The predicted molar refractivity (Wildman–Crippen MR) is 108 cm³/mol. The van der Waals surface area contributed by atoms with Crippen molar-refractivity contribution in [1.29, 1.82) is 0 Å². The smallest absolute Gasteiger partial charge is 0.271 e. The van der Waals surface area contributed by atoms with Gasteiger partial charge < -0.3 is 9.88 Å². The Morgan fingerprint density at radius 2 is 2.11 bits per heavy atom. The van der Waals surface area contributed by atoms with E-state index in [0.29, 0.717) is 6.04 Å². The lowest BCUT2D eigenvalue weighted by Crippen LogP contribution is -2.22. The molecule has 1 heterocycles. The molecule has 0 saturated heterocycles. The fraction of sp³-hybridized carbons (Fsp3) is 0.444. The molecule has 1 fully saturated rings. The summed E-state index contributed by atoms with van der Waals surface area (Å²) in [6.07, 6.45) is 5.90. The fourth-order valence-electron chi connectivity index (χ4n) is 3.13. The number of rotatable bonds is 5. The third kappa shape index (κ3) is 5.39. The van der Waals surface area contributed by atoms with Crippen molar-refractivity contribution in [1.82, 2.24) is 4.57 Å². The maximum absolute atomic E-state index is 13.8. The second-order valence-electron chi connectivity index (χ2n) is 6.64. The van der Waals surface area contributed by atoms with E-state index in [4.69, 9.17) is 4.99 Å². The second-order valence-corrected chi connectivity index (χ2v) is 7.47. The molecule has 0 spiro atoms. The van der Waals surface area contributed by atoms with Crippen molar-refractivity contribution in [2.24, 2.45) is 12.0 Å². The lowest BCUT2D eigenvalue weighted by Gasteiger charge is -2.16. The number of carbonyl (C=O) groups excluding carboxylic acids is 1. The van der Waals surface area contributed by atoms with Gasteiger partial charge in [0.15, 0.2) is 4.80 Å². The molecule has 152 valence electrons. The molecule has 28 heavy (non-hydrogen) atoms. The van der Waals surface area contributed by atoms with Gasteiger partial charge in [0.1, 0.15) is 5.82 Å². The van der Waals surface area contributed by atoms with Gasteiger partial charge >= 0.3 is 0 Å². The third-order valence-corrected chi connectivity index (χ3v) is 5.64. The highest BCUT2D eigenvalue weighted by Crippen LogP contribution is 2.22. The summed E-state index contributed by atoms with van der Waals surface area (Å²) in [7, 11) is 1.86. The number of benzene rings is 1. The van der Waals surface area contributed by atoms with E-state index in [-0.39, 0.29) is 30.2 Å². The lowest BCUT2D eigenvalue weighted by atomic mass is 9.96. The monoisotopic (exact) mass is 428 g/mol. The molecule has 3 rings (SSSR count).